The Kier molecular flexibility index (Phi) is 19.5. The molecule has 0 aliphatic rings. The molecule has 7 N–H and O–H groups in total. The van der Waals surface area contributed by atoms with Crippen LogP contribution in [-0.4, -0.2) is 57.1 Å². The third kappa shape index (κ3) is 17.2. The lowest BCUT2D eigenvalue weighted by atomic mass is 10.0. The summed E-state index contributed by atoms with van der Waals surface area (Å²) in [6.45, 7) is 2.27. The van der Waals surface area contributed by atoms with E-state index in [4.69, 9.17) is 20.7 Å². The molecule has 0 saturated carbocycles. The van der Waals surface area contributed by atoms with Crippen molar-refractivity contribution in [2.24, 2.45) is 5.73 Å². The summed E-state index contributed by atoms with van der Waals surface area (Å²) < 4.78 is 24.3. The van der Waals surface area contributed by atoms with Crippen molar-refractivity contribution in [3.8, 4) is 5.75 Å². The van der Waals surface area contributed by atoms with Gasteiger partial charge in [-0.15, -0.1) is 0 Å². The second-order valence-electron chi connectivity index (χ2n) is 12.0. The Morgan fingerprint density at radius 2 is 1.52 bits per heavy atom. The highest BCUT2D eigenvalue weighted by atomic mass is 31.2. The summed E-state index contributed by atoms with van der Waals surface area (Å²) in [4.78, 5) is 38.2. The summed E-state index contributed by atoms with van der Waals surface area (Å²) >= 11 is 0. The molecule has 0 saturated heterocycles. The van der Waals surface area contributed by atoms with Crippen LogP contribution in [0.25, 0.3) is 0 Å². The lowest BCUT2D eigenvalue weighted by Crippen LogP contribution is -2.42. The van der Waals surface area contributed by atoms with E-state index in [1.165, 1.54) is 106 Å². The molecule has 1 unspecified atom stereocenters. The number of amides is 1. The highest BCUT2D eigenvalue weighted by Crippen LogP contribution is 2.42. The molecule has 0 aliphatic heterocycles. The van der Waals surface area contributed by atoms with E-state index < -0.39 is 38.4 Å². The molecule has 1 amide bonds. The van der Waals surface area contributed by atoms with E-state index in [1.807, 2.05) is 0 Å². The van der Waals surface area contributed by atoms with E-state index in [1.54, 1.807) is 12.1 Å². The van der Waals surface area contributed by atoms with Crippen LogP contribution in [0.5, 0.6) is 5.75 Å². The van der Waals surface area contributed by atoms with Gasteiger partial charge < -0.3 is 36.0 Å². The van der Waals surface area contributed by atoms with Crippen LogP contribution in [-0.2, 0) is 27.1 Å². The first kappa shape index (κ1) is 39.4. The van der Waals surface area contributed by atoms with Crippen molar-refractivity contribution < 1.29 is 28.6 Å². The summed E-state index contributed by atoms with van der Waals surface area (Å²) in [6.07, 6.45) is 18.0. The molecule has 46 heavy (non-hydrogen) atoms. The quantitative estimate of drug-likeness (QED) is 0.0683. The first-order chi connectivity index (χ1) is 22.1. The van der Waals surface area contributed by atoms with Crippen LogP contribution in [0.1, 0.15) is 102 Å². The number of benzene rings is 1. The van der Waals surface area contributed by atoms with Crippen molar-refractivity contribution in [1.82, 2.24) is 14.9 Å². The Hall–Kier alpha value is -2.76. The molecule has 3 atom stereocenters. The number of nitrogens with zero attached hydrogens (tertiary/aromatic N) is 2. The van der Waals surface area contributed by atoms with E-state index >= 15 is 0 Å². The molecule has 0 bridgehead atoms. The van der Waals surface area contributed by atoms with Gasteiger partial charge in [0.25, 0.3) is 0 Å². The largest absolute Gasteiger partial charge is 0.423 e. The first-order valence-corrected chi connectivity index (χ1v) is 18.6. The third-order valence-electron chi connectivity index (χ3n) is 7.77. The average Bonchev–Trinajstić information content (AvgIpc) is 3.02. The maximum atomic E-state index is 12.6. The zero-order valence-corrected chi connectivity index (χ0v) is 28.4. The number of carbonyl (C=O) groups is 1. The van der Waals surface area contributed by atoms with Crippen molar-refractivity contribution in [3.05, 3.63) is 52.6 Å². The fourth-order valence-corrected chi connectivity index (χ4v) is 5.95. The number of carbonyl (C=O) groups excluding carboxylic acids is 1. The number of hydrogen-bond acceptors (Lipinski definition) is 9. The Morgan fingerprint density at radius 3 is 2.07 bits per heavy atom. The summed E-state index contributed by atoms with van der Waals surface area (Å²) in [5.41, 5.74) is 11.7. The molecule has 2 rings (SSSR count). The topological polar surface area (TPSA) is 192 Å². The van der Waals surface area contributed by atoms with Gasteiger partial charge in [-0.05, 0) is 36.6 Å². The van der Waals surface area contributed by atoms with Crippen molar-refractivity contribution in [2.45, 2.75) is 122 Å². The molecule has 12 nitrogen and oxygen atoms in total. The number of nitrogens with one attached hydrogen (secondary N) is 1. The summed E-state index contributed by atoms with van der Waals surface area (Å²) in [6, 6.07) is 7.08. The number of unbranched alkanes of at least 4 members (excludes halogenated alkanes) is 13. The highest BCUT2D eigenvalue weighted by Gasteiger charge is 2.24. The van der Waals surface area contributed by atoms with Crippen molar-refractivity contribution in [2.75, 3.05) is 25.2 Å². The minimum Gasteiger partial charge on any atom is -0.423 e. The van der Waals surface area contributed by atoms with Gasteiger partial charge in [0.15, 0.2) is 6.35 Å². The number of anilines is 1. The maximum absolute atomic E-state index is 12.6. The number of nitrogen functional groups attached to an aromatic ring is 1. The smallest absolute Gasteiger partial charge is 0.402 e. The average molecular weight is 666 g/mol. The minimum absolute atomic E-state index is 0.0580. The molecule has 1 heterocycles. The van der Waals surface area contributed by atoms with Crippen LogP contribution in [0.15, 0.2) is 41.3 Å². The number of aliphatic hydroxyl groups is 1. The second kappa shape index (κ2) is 22.7. The van der Waals surface area contributed by atoms with Crippen molar-refractivity contribution in [3.63, 3.8) is 0 Å². The van der Waals surface area contributed by atoms with E-state index in [0.717, 1.165) is 18.4 Å². The third-order valence-corrected chi connectivity index (χ3v) is 8.74. The van der Waals surface area contributed by atoms with E-state index in [-0.39, 0.29) is 24.0 Å². The molecule has 2 aromatic rings. The van der Waals surface area contributed by atoms with E-state index in [9.17, 15) is 24.2 Å². The van der Waals surface area contributed by atoms with Gasteiger partial charge in [-0.25, -0.2) is 9.36 Å². The van der Waals surface area contributed by atoms with Gasteiger partial charge in [0, 0.05) is 12.7 Å². The predicted molar refractivity (Wildman–Crippen MR) is 182 cm³/mol. The molecule has 0 radical (unpaired) electrons. The van der Waals surface area contributed by atoms with Gasteiger partial charge in [0.05, 0.1) is 25.3 Å². The maximum Gasteiger partial charge on any atom is 0.402 e. The fraction of sp³-hybridized carbons (Fsp3) is 0.667. The van der Waals surface area contributed by atoms with Gasteiger partial charge in [0.1, 0.15) is 11.6 Å². The predicted octanol–water partition coefficient (Wildman–Crippen LogP) is 4.89. The first-order valence-electron chi connectivity index (χ1n) is 16.8. The van der Waals surface area contributed by atoms with Crippen molar-refractivity contribution >= 4 is 19.3 Å². The summed E-state index contributed by atoms with van der Waals surface area (Å²) in [7, 11) is -4.25. The second-order valence-corrected chi connectivity index (χ2v) is 13.7. The number of nitrogens with two attached hydrogens (primary N) is 2. The Balaban J connectivity index is 1.58. The molecule has 0 spiro atoms. The minimum atomic E-state index is -4.25. The number of ether oxygens (including phenoxy) is 1. The van der Waals surface area contributed by atoms with Gasteiger partial charge in [-0.3, -0.25) is 9.36 Å². The number of hydrogen-bond donors (Lipinski definition) is 5. The highest BCUT2D eigenvalue weighted by molar-refractivity contribution is 7.53. The normalized spacial score (nSPS) is 14.0. The van der Waals surface area contributed by atoms with Crippen LogP contribution in [0.3, 0.4) is 0 Å². The van der Waals surface area contributed by atoms with Crippen LogP contribution in [0.4, 0.5) is 5.82 Å². The van der Waals surface area contributed by atoms with Crippen LogP contribution in [0, 0.1) is 0 Å². The van der Waals surface area contributed by atoms with Crippen molar-refractivity contribution in [1.29, 1.82) is 0 Å². The fourth-order valence-electron chi connectivity index (χ4n) is 5.05. The monoisotopic (exact) mass is 665 g/mol. The molecule has 260 valence electrons. The van der Waals surface area contributed by atoms with Gasteiger partial charge >= 0.3 is 13.3 Å². The molecular weight excluding hydrogens is 609 g/mol. The van der Waals surface area contributed by atoms with Gasteiger partial charge in [-0.2, -0.15) is 4.98 Å². The van der Waals surface area contributed by atoms with Gasteiger partial charge in [-0.1, -0.05) is 103 Å². The Morgan fingerprint density at radius 1 is 0.957 bits per heavy atom. The van der Waals surface area contributed by atoms with E-state index in [2.05, 4.69) is 17.2 Å². The Bertz CT molecular complexity index is 1230. The van der Waals surface area contributed by atoms with E-state index in [0.29, 0.717) is 13.0 Å². The van der Waals surface area contributed by atoms with Crippen LogP contribution in [0.2, 0.25) is 0 Å². The molecular formula is C33H56N5O7P. The molecule has 0 fully saturated rings. The molecule has 13 heteroatoms. The SMILES string of the molecule is CCCCCCCCCCCCCCCCNC(=O)[C@@H](N)Cc1ccc(OP(=O)(O)CO[C@H](CO)Cn2ccc(N)nc2=O)cc1. The number of rotatable bonds is 26. The summed E-state index contributed by atoms with van der Waals surface area (Å²) in [5, 5.41) is 12.5. The molecule has 1 aromatic carbocycles. The van der Waals surface area contributed by atoms with Crippen LogP contribution < -0.4 is 27.0 Å². The number of aromatic nitrogens is 2. The van der Waals surface area contributed by atoms with Gasteiger partial charge in [0.2, 0.25) is 5.91 Å². The van der Waals surface area contributed by atoms with Crippen LogP contribution >= 0.6 is 7.60 Å². The lowest BCUT2D eigenvalue weighted by molar-refractivity contribution is -0.122. The molecule has 0 aliphatic carbocycles. The zero-order valence-electron chi connectivity index (χ0n) is 27.5. The Labute approximate surface area is 273 Å². The summed E-state index contributed by atoms with van der Waals surface area (Å²) in [5.74, 6) is -0.0151. The standard InChI is InChI=1S/C33H56N5O7P/c1-2-3-4-5-6-7-8-9-10-11-12-13-14-15-21-36-32(40)30(34)23-27-16-18-28(19-17-27)45-46(42,43)26-44-29(25-39)24-38-22-20-31(35)37-33(38)41/h16-20,22,29-30,39H,2-15,21,23-26,34H2,1H3,(H,36,40)(H,42,43)(H2,35,37,41)/t29-,30-/m0/s1. The number of aliphatic hydroxyl groups excluding tert-OH is 1. The lowest BCUT2D eigenvalue weighted by Gasteiger charge is -2.19. The molecule has 1 aromatic heterocycles. The zero-order chi connectivity index (χ0) is 33.6.